The number of para-hydroxylation sites is 1. The molecule has 0 fully saturated rings. The predicted molar refractivity (Wildman–Crippen MR) is 84.4 cm³/mol. The van der Waals surface area contributed by atoms with Crippen LogP contribution in [0.4, 0.5) is 0 Å². The molecule has 1 aliphatic rings. The molecule has 0 saturated carbocycles. The van der Waals surface area contributed by atoms with Crippen LogP contribution >= 0.6 is 0 Å². The average molecular weight is 298 g/mol. The van der Waals surface area contributed by atoms with Gasteiger partial charge in [0.25, 0.3) is 0 Å². The van der Waals surface area contributed by atoms with Gasteiger partial charge in [-0.25, -0.2) is 0 Å². The molecule has 1 aliphatic carbocycles. The summed E-state index contributed by atoms with van der Waals surface area (Å²) in [4.78, 5) is 0. The maximum Gasteiger partial charge on any atom is 0.147 e. The lowest BCUT2D eigenvalue weighted by molar-refractivity contribution is 0.0619. The van der Waals surface area contributed by atoms with Crippen LogP contribution in [0.1, 0.15) is 17.2 Å². The second-order valence-electron chi connectivity index (χ2n) is 5.03. The molecule has 0 bridgehead atoms. The monoisotopic (exact) mass is 298 g/mol. The lowest BCUT2D eigenvalue weighted by Crippen LogP contribution is -2.26. The minimum atomic E-state index is -0.788. The van der Waals surface area contributed by atoms with Gasteiger partial charge in [-0.1, -0.05) is 24.3 Å². The number of hydrogen-bond acceptors (Lipinski definition) is 4. The molecule has 114 valence electrons. The van der Waals surface area contributed by atoms with E-state index < -0.39 is 12.2 Å². The molecule has 0 unspecified atom stereocenters. The van der Waals surface area contributed by atoms with E-state index >= 15 is 0 Å². The summed E-state index contributed by atoms with van der Waals surface area (Å²) >= 11 is 0. The molecule has 2 atom stereocenters. The van der Waals surface area contributed by atoms with Crippen LogP contribution in [0.3, 0.4) is 0 Å². The summed E-state index contributed by atoms with van der Waals surface area (Å²) in [5, 5.41) is 10.6. The molecule has 22 heavy (non-hydrogen) atoms. The van der Waals surface area contributed by atoms with Crippen molar-refractivity contribution < 1.29 is 19.3 Å². The van der Waals surface area contributed by atoms with Crippen molar-refractivity contribution in [2.24, 2.45) is 0 Å². The molecule has 2 aromatic carbocycles. The van der Waals surface area contributed by atoms with E-state index in [1.165, 1.54) is 0 Å². The first-order chi connectivity index (χ1) is 10.7. The van der Waals surface area contributed by atoms with Gasteiger partial charge in [0.1, 0.15) is 29.5 Å². The average Bonchev–Trinajstić information content (AvgIpc) is 2.57. The van der Waals surface area contributed by atoms with Gasteiger partial charge in [-0.15, -0.1) is 0 Å². The summed E-state index contributed by atoms with van der Waals surface area (Å²) in [5.41, 5.74) is 1.59. The van der Waals surface area contributed by atoms with Crippen LogP contribution in [0.25, 0.3) is 6.08 Å². The fourth-order valence-electron chi connectivity index (χ4n) is 2.56. The Balaban J connectivity index is 1.93. The highest BCUT2D eigenvalue weighted by molar-refractivity contribution is 5.67. The van der Waals surface area contributed by atoms with Gasteiger partial charge in [0.15, 0.2) is 0 Å². The number of benzene rings is 2. The zero-order valence-electron chi connectivity index (χ0n) is 12.5. The first-order valence-corrected chi connectivity index (χ1v) is 7.07. The van der Waals surface area contributed by atoms with Crippen molar-refractivity contribution in [2.45, 2.75) is 12.2 Å². The second-order valence-corrected chi connectivity index (χ2v) is 5.03. The summed E-state index contributed by atoms with van der Waals surface area (Å²) in [6.07, 6.45) is 2.51. The summed E-state index contributed by atoms with van der Waals surface area (Å²) < 4.78 is 16.5. The second kappa shape index (κ2) is 6.12. The van der Waals surface area contributed by atoms with Crippen molar-refractivity contribution in [3.05, 3.63) is 59.7 Å². The van der Waals surface area contributed by atoms with Crippen LogP contribution in [-0.4, -0.2) is 25.4 Å². The number of aliphatic hydroxyl groups is 1. The van der Waals surface area contributed by atoms with E-state index in [1.807, 2.05) is 48.6 Å². The Morgan fingerprint density at radius 3 is 2.41 bits per heavy atom. The van der Waals surface area contributed by atoms with E-state index in [2.05, 4.69) is 0 Å². The van der Waals surface area contributed by atoms with Gasteiger partial charge in [-0.05, 0) is 29.8 Å². The highest BCUT2D eigenvalue weighted by Gasteiger charge is 2.28. The SMILES string of the molecule is COc1cc(OC)c2c(c1)[C@@H](O)[C@H](Oc1ccccc1)C=C2. The van der Waals surface area contributed by atoms with Crippen molar-refractivity contribution in [3.8, 4) is 17.2 Å². The Labute approximate surface area is 129 Å². The number of hydrogen-bond donors (Lipinski definition) is 1. The summed E-state index contributed by atoms with van der Waals surface area (Å²) in [6, 6.07) is 13.1. The minimum Gasteiger partial charge on any atom is -0.497 e. The molecule has 3 rings (SSSR count). The van der Waals surface area contributed by atoms with E-state index in [1.54, 1.807) is 20.3 Å². The third-order valence-corrected chi connectivity index (χ3v) is 3.70. The van der Waals surface area contributed by atoms with Crippen LogP contribution in [-0.2, 0) is 0 Å². The zero-order valence-corrected chi connectivity index (χ0v) is 12.5. The number of rotatable bonds is 4. The van der Waals surface area contributed by atoms with Crippen LogP contribution in [0.15, 0.2) is 48.5 Å². The molecule has 0 aliphatic heterocycles. The molecule has 1 N–H and O–H groups in total. The predicted octanol–water partition coefficient (Wildman–Crippen LogP) is 3.21. The standard InChI is InChI=1S/C18H18O4/c1-20-13-10-15-14(17(11-13)21-2)8-9-16(18(15)19)22-12-6-4-3-5-7-12/h3-11,16,18-19H,1-2H3/t16-,18-/m1/s1. The van der Waals surface area contributed by atoms with Crippen molar-refractivity contribution in [3.63, 3.8) is 0 Å². The molecular formula is C18H18O4. The first kappa shape index (κ1) is 14.5. The first-order valence-electron chi connectivity index (χ1n) is 7.07. The normalized spacial score (nSPS) is 19.4. The fraction of sp³-hybridized carbons (Fsp3) is 0.222. The van der Waals surface area contributed by atoms with E-state index in [-0.39, 0.29) is 0 Å². The molecule has 0 saturated heterocycles. The quantitative estimate of drug-likeness (QED) is 0.941. The van der Waals surface area contributed by atoms with E-state index in [0.29, 0.717) is 11.5 Å². The van der Waals surface area contributed by atoms with Gasteiger partial charge >= 0.3 is 0 Å². The van der Waals surface area contributed by atoms with Crippen LogP contribution in [0, 0.1) is 0 Å². The number of methoxy groups -OCH3 is 2. The lowest BCUT2D eigenvalue weighted by atomic mass is 9.91. The fourth-order valence-corrected chi connectivity index (χ4v) is 2.56. The summed E-state index contributed by atoms with van der Waals surface area (Å²) in [5.74, 6) is 2.03. The Bertz CT molecular complexity index is 679. The number of aliphatic hydroxyl groups excluding tert-OH is 1. The van der Waals surface area contributed by atoms with E-state index in [9.17, 15) is 5.11 Å². The van der Waals surface area contributed by atoms with Gasteiger partial charge in [-0.3, -0.25) is 0 Å². The zero-order chi connectivity index (χ0) is 15.5. The molecule has 0 amide bonds. The Kier molecular flexibility index (Phi) is 4.02. The van der Waals surface area contributed by atoms with Crippen molar-refractivity contribution in [2.75, 3.05) is 14.2 Å². The van der Waals surface area contributed by atoms with Crippen molar-refractivity contribution >= 4 is 6.08 Å². The Morgan fingerprint density at radius 1 is 0.955 bits per heavy atom. The Hall–Kier alpha value is -2.46. The molecule has 0 aromatic heterocycles. The highest BCUT2D eigenvalue weighted by Crippen LogP contribution is 2.38. The smallest absolute Gasteiger partial charge is 0.147 e. The third-order valence-electron chi connectivity index (χ3n) is 3.70. The highest BCUT2D eigenvalue weighted by atomic mass is 16.5. The molecular weight excluding hydrogens is 280 g/mol. The maximum absolute atomic E-state index is 10.6. The summed E-state index contributed by atoms with van der Waals surface area (Å²) in [7, 11) is 3.19. The van der Waals surface area contributed by atoms with Crippen LogP contribution < -0.4 is 14.2 Å². The summed E-state index contributed by atoms with van der Waals surface area (Å²) in [6.45, 7) is 0. The molecule has 2 aromatic rings. The van der Waals surface area contributed by atoms with Gasteiger partial charge in [0, 0.05) is 11.6 Å². The minimum absolute atomic E-state index is 0.452. The molecule has 0 spiro atoms. The lowest BCUT2D eigenvalue weighted by Gasteiger charge is -2.27. The maximum atomic E-state index is 10.6. The topological polar surface area (TPSA) is 47.9 Å². The molecule has 0 radical (unpaired) electrons. The molecule has 4 nitrogen and oxygen atoms in total. The van der Waals surface area contributed by atoms with Gasteiger partial charge < -0.3 is 19.3 Å². The van der Waals surface area contributed by atoms with Gasteiger partial charge in [0.05, 0.1) is 14.2 Å². The molecule has 4 heteroatoms. The van der Waals surface area contributed by atoms with E-state index in [0.717, 1.165) is 16.9 Å². The van der Waals surface area contributed by atoms with Crippen molar-refractivity contribution in [1.82, 2.24) is 0 Å². The largest absolute Gasteiger partial charge is 0.497 e. The third kappa shape index (κ3) is 2.65. The molecule has 0 heterocycles. The van der Waals surface area contributed by atoms with Crippen molar-refractivity contribution in [1.29, 1.82) is 0 Å². The number of ether oxygens (including phenoxy) is 3. The van der Waals surface area contributed by atoms with Crippen LogP contribution in [0.5, 0.6) is 17.2 Å². The van der Waals surface area contributed by atoms with Crippen LogP contribution in [0.2, 0.25) is 0 Å². The Morgan fingerprint density at radius 2 is 1.73 bits per heavy atom. The van der Waals surface area contributed by atoms with E-state index in [4.69, 9.17) is 14.2 Å². The van der Waals surface area contributed by atoms with Gasteiger partial charge in [0.2, 0.25) is 0 Å². The van der Waals surface area contributed by atoms with Gasteiger partial charge in [-0.2, -0.15) is 0 Å². The number of fused-ring (bicyclic) bond motifs is 1.